The number of para-hydroxylation sites is 2. The lowest BCUT2D eigenvalue weighted by atomic mass is 10.3. The molecule has 0 radical (unpaired) electrons. The molecule has 4 nitrogen and oxygen atoms in total. The second kappa shape index (κ2) is 4.25. The Balaban J connectivity index is 1.77. The van der Waals surface area contributed by atoms with Crippen LogP contribution in [-0.4, -0.2) is 15.0 Å². The zero-order valence-electron chi connectivity index (χ0n) is 9.22. The molecule has 0 spiro atoms. The summed E-state index contributed by atoms with van der Waals surface area (Å²) in [5.74, 6) is 1.77. The van der Waals surface area contributed by atoms with Crippen molar-refractivity contribution in [2.75, 3.05) is 5.32 Å². The SMILES string of the molecule is c1ccc(NCc2nc3ccccc3[nH]2)nc1. The first-order valence-electron chi connectivity index (χ1n) is 5.50. The van der Waals surface area contributed by atoms with Gasteiger partial charge in [0.25, 0.3) is 0 Å². The maximum absolute atomic E-state index is 4.48. The fraction of sp³-hybridized carbons (Fsp3) is 0.0769. The standard InChI is InChI=1S/C13H12N4/c1-2-6-11-10(5-1)16-13(17-11)9-15-12-7-3-4-8-14-12/h1-8H,9H2,(H,14,15)(H,16,17). The second-order valence-electron chi connectivity index (χ2n) is 3.77. The van der Waals surface area contributed by atoms with Gasteiger partial charge in [0.05, 0.1) is 17.6 Å². The van der Waals surface area contributed by atoms with Crippen molar-refractivity contribution < 1.29 is 0 Å². The van der Waals surface area contributed by atoms with E-state index in [2.05, 4.69) is 20.3 Å². The highest BCUT2D eigenvalue weighted by Gasteiger charge is 2.01. The number of pyridine rings is 1. The average molecular weight is 224 g/mol. The van der Waals surface area contributed by atoms with Crippen LogP contribution in [0.4, 0.5) is 5.82 Å². The lowest BCUT2D eigenvalue weighted by Gasteiger charge is -2.01. The zero-order valence-corrected chi connectivity index (χ0v) is 9.22. The summed E-state index contributed by atoms with van der Waals surface area (Å²) in [5.41, 5.74) is 2.05. The number of nitrogens with one attached hydrogen (secondary N) is 2. The Bertz CT molecular complexity index is 582. The van der Waals surface area contributed by atoms with Gasteiger partial charge in [0.2, 0.25) is 0 Å². The van der Waals surface area contributed by atoms with E-state index in [-0.39, 0.29) is 0 Å². The molecule has 0 aliphatic heterocycles. The van der Waals surface area contributed by atoms with Crippen molar-refractivity contribution in [3.8, 4) is 0 Å². The van der Waals surface area contributed by atoms with E-state index in [1.165, 1.54) is 0 Å². The van der Waals surface area contributed by atoms with Crippen molar-refractivity contribution in [1.29, 1.82) is 0 Å². The van der Waals surface area contributed by atoms with Gasteiger partial charge in [-0.25, -0.2) is 9.97 Å². The number of rotatable bonds is 3. The van der Waals surface area contributed by atoms with Crippen LogP contribution in [0.25, 0.3) is 11.0 Å². The topological polar surface area (TPSA) is 53.6 Å². The van der Waals surface area contributed by atoms with Gasteiger partial charge in [-0.1, -0.05) is 18.2 Å². The molecule has 17 heavy (non-hydrogen) atoms. The molecule has 0 atom stereocenters. The van der Waals surface area contributed by atoms with Crippen LogP contribution in [0.2, 0.25) is 0 Å². The number of anilines is 1. The van der Waals surface area contributed by atoms with E-state index < -0.39 is 0 Å². The molecule has 0 fully saturated rings. The molecule has 0 amide bonds. The monoisotopic (exact) mass is 224 g/mol. The molecule has 2 aromatic heterocycles. The van der Waals surface area contributed by atoms with E-state index >= 15 is 0 Å². The summed E-state index contributed by atoms with van der Waals surface area (Å²) in [6, 6.07) is 13.8. The van der Waals surface area contributed by atoms with Crippen LogP contribution in [0, 0.1) is 0 Å². The van der Waals surface area contributed by atoms with Gasteiger partial charge >= 0.3 is 0 Å². The Kier molecular flexibility index (Phi) is 2.46. The van der Waals surface area contributed by atoms with Gasteiger partial charge in [-0.3, -0.25) is 0 Å². The van der Waals surface area contributed by atoms with Crippen LogP contribution >= 0.6 is 0 Å². The quantitative estimate of drug-likeness (QED) is 0.719. The van der Waals surface area contributed by atoms with Crippen LogP contribution in [-0.2, 0) is 6.54 Å². The molecule has 0 unspecified atom stereocenters. The molecule has 84 valence electrons. The van der Waals surface area contributed by atoms with E-state index in [0.717, 1.165) is 22.7 Å². The number of H-pyrrole nitrogens is 1. The summed E-state index contributed by atoms with van der Waals surface area (Å²) in [5, 5.41) is 3.22. The van der Waals surface area contributed by atoms with E-state index in [1.54, 1.807) is 6.20 Å². The van der Waals surface area contributed by atoms with Crippen molar-refractivity contribution in [2.24, 2.45) is 0 Å². The third kappa shape index (κ3) is 2.10. The highest BCUT2D eigenvalue weighted by atomic mass is 15.0. The van der Waals surface area contributed by atoms with Gasteiger partial charge in [0.15, 0.2) is 0 Å². The summed E-state index contributed by atoms with van der Waals surface area (Å²) in [4.78, 5) is 11.9. The molecule has 0 saturated carbocycles. The fourth-order valence-electron chi connectivity index (χ4n) is 1.73. The van der Waals surface area contributed by atoms with Crippen LogP contribution in [0.5, 0.6) is 0 Å². The molecule has 4 heteroatoms. The normalized spacial score (nSPS) is 10.6. The highest BCUT2D eigenvalue weighted by Crippen LogP contribution is 2.11. The molecular weight excluding hydrogens is 212 g/mol. The number of aromatic amines is 1. The van der Waals surface area contributed by atoms with Crippen LogP contribution in [0.1, 0.15) is 5.82 Å². The lowest BCUT2D eigenvalue weighted by Crippen LogP contribution is -2.02. The van der Waals surface area contributed by atoms with Crippen LogP contribution < -0.4 is 5.32 Å². The van der Waals surface area contributed by atoms with Gasteiger partial charge in [-0.15, -0.1) is 0 Å². The Hall–Kier alpha value is -2.36. The van der Waals surface area contributed by atoms with Gasteiger partial charge in [-0.05, 0) is 24.3 Å². The van der Waals surface area contributed by atoms with Gasteiger partial charge in [0, 0.05) is 6.20 Å². The van der Waals surface area contributed by atoms with Crippen molar-refractivity contribution in [1.82, 2.24) is 15.0 Å². The summed E-state index contributed by atoms with van der Waals surface area (Å²) < 4.78 is 0. The molecule has 0 saturated heterocycles. The van der Waals surface area contributed by atoms with Crippen molar-refractivity contribution in [3.05, 3.63) is 54.5 Å². The smallest absolute Gasteiger partial charge is 0.126 e. The predicted molar refractivity (Wildman–Crippen MR) is 67.7 cm³/mol. The van der Waals surface area contributed by atoms with E-state index in [0.29, 0.717) is 6.54 Å². The number of fused-ring (bicyclic) bond motifs is 1. The molecule has 0 bridgehead atoms. The Morgan fingerprint density at radius 1 is 1.06 bits per heavy atom. The lowest BCUT2D eigenvalue weighted by molar-refractivity contribution is 0.998. The molecule has 0 aliphatic carbocycles. The van der Waals surface area contributed by atoms with Crippen LogP contribution in [0.15, 0.2) is 48.7 Å². The minimum atomic E-state index is 0.645. The molecular formula is C13H12N4. The third-order valence-corrected chi connectivity index (χ3v) is 2.54. The number of benzene rings is 1. The van der Waals surface area contributed by atoms with Crippen molar-refractivity contribution in [3.63, 3.8) is 0 Å². The summed E-state index contributed by atoms with van der Waals surface area (Å²) in [6.45, 7) is 0.645. The fourth-order valence-corrected chi connectivity index (χ4v) is 1.73. The van der Waals surface area contributed by atoms with Crippen molar-refractivity contribution >= 4 is 16.9 Å². The highest BCUT2D eigenvalue weighted by molar-refractivity contribution is 5.74. The number of nitrogens with zero attached hydrogens (tertiary/aromatic N) is 2. The van der Waals surface area contributed by atoms with E-state index in [4.69, 9.17) is 0 Å². The maximum atomic E-state index is 4.48. The third-order valence-electron chi connectivity index (χ3n) is 2.54. The molecule has 3 rings (SSSR count). The summed E-state index contributed by atoms with van der Waals surface area (Å²) in [7, 11) is 0. The minimum Gasteiger partial charge on any atom is -0.363 e. The number of imidazole rings is 1. The summed E-state index contributed by atoms with van der Waals surface area (Å²) >= 11 is 0. The summed E-state index contributed by atoms with van der Waals surface area (Å²) in [6.07, 6.45) is 1.76. The Morgan fingerprint density at radius 3 is 2.76 bits per heavy atom. The van der Waals surface area contributed by atoms with Crippen molar-refractivity contribution in [2.45, 2.75) is 6.54 Å². The minimum absolute atomic E-state index is 0.645. The van der Waals surface area contributed by atoms with Gasteiger partial charge in [0.1, 0.15) is 11.6 Å². The first-order valence-corrected chi connectivity index (χ1v) is 5.50. The Labute approximate surface area is 98.7 Å². The molecule has 3 aromatic rings. The number of hydrogen-bond donors (Lipinski definition) is 2. The molecule has 2 N–H and O–H groups in total. The zero-order chi connectivity index (χ0) is 11.5. The molecule has 0 aliphatic rings. The van der Waals surface area contributed by atoms with E-state index in [1.807, 2.05) is 42.5 Å². The first kappa shape index (κ1) is 9.84. The van der Waals surface area contributed by atoms with E-state index in [9.17, 15) is 0 Å². The Morgan fingerprint density at radius 2 is 1.94 bits per heavy atom. The predicted octanol–water partition coefficient (Wildman–Crippen LogP) is 2.57. The van der Waals surface area contributed by atoms with Gasteiger partial charge in [-0.2, -0.15) is 0 Å². The number of aromatic nitrogens is 3. The van der Waals surface area contributed by atoms with Gasteiger partial charge < -0.3 is 10.3 Å². The maximum Gasteiger partial charge on any atom is 0.126 e. The first-order chi connectivity index (χ1) is 8.42. The van der Waals surface area contributed by atoms with Crippen LogP contribution in [0.3, 0.4) is 0 Å². The number of hydrogen-bond acceptors (Lipinski definition) is 3. The second-order valence-corrected chi connectivity index (χ2v) is 3.77. The average Bonchev–Trinajstić information content (AvgIpc) is 2.80. The molecule has 2 heterocycles. The largest absolute Gasteiger partial charge is 0.363 e. The molecule has 1 aromatic carbocycles.